The fourth-order valence-corrected chi connectivity index (χ4v) is 3.95. The molecule has 0 spiro atoms. The first-order valence-electron chi connectivity index (χ1n) is 10.3. The zero-order chi connectivity index (χ0) is 20.6. The van der Waals surface area contributed by atoms with Gasteiger partial charge in [-0.1, -0.05) is 6.07 Å². The van der Waals surface area contributed by atoms with Gasteiger partial charge in [-0.2, -0.15) is 0 Å². The molecule has 2 heterocycles. The first kappa shape index (κ1) is 21.4. The maximum atomic E-state index is 12.5. The monoisotopic (exact) mass is 405 g/mol. The normalized spacial score (nSPS) is 24.6. The summed E-state index contributed by atoms with van der Waals surface area (Å²) in [6, 6.07) is 6.40. The van der Waals surface area contributed by atoms with E-state index < -0.39 is 6.10 Å². The number of nitrogens with one attached hydrogen (secondary N) is 2. The summed E-state index contributed by atoms with van der Waals surface area (Å²) in [5.74, 6) is 0.770. The molecule has 0 aliphatic carbocycles. The highest BCUT2D eigenvalue weighted by Crippen LogP contribution is 2.24. The highest BCUT2D eigenvalue weighted by Gasteiger charge is 2.33. The zero-order valence-corrected chi connectivity index (χ0v) is 16.9. The van der Waals surface area contributed by atoms with Gasteiger partial charge >= 0.3 is 6.03 Å². The van der Waals surface area contributed by atoms with Crippen LogP contribution in [0.15, 0.2) is 24.3 Å². The molecule has 0 saturated carbocycles. The van der Waals surface area contributed by atoms with Crippen LogP contribution in [0.25, 0.3) is 0 Å². The second-order valence-electron chi connectivity index (χ2n) is 7.64. The van der Waals surface area contributed by atoms with Gasteiger partial charge in [0.1, 0.15) is 11.9 Å². The molecule has 0 bridgehead atoms. The molecule has 3 atom stereocenters. The fraction of sp³-hybridized carbons (Fsp3) is 0.619. The Morgan fingerprint density at radius 1 is 1.24 bits per heavy atom. The SMILES string of the molecule is COc1cccc(NC(=O)N[C@H]2CC[C@H](CC(=O)N3CCCCC3)O[C@H]2CO)c1. The smallest absolute Gasteiger partial charge is 0.319 e. The molecule has 0 aromatic heterocycles. The molecule has 2 fully saturated rings. The lowest BCUT2D eigenvalue weighted by Crippen LogP contribution is -2.52. The summed E-state index contributed by atoms with van der Waals surface area (Å²) in [4.78, 5) is 26.7. The van der Waals surface area contributed by atoms with Gasteiger partial charge in [-0.3, -0.25) is 4.79 Å². The minimum Gasteiger partial charge on any atom is -0.497 e. The number of nitrogens with zero attached hydrogens (tertiary/aromatic N) is 1. The number of hydrogen-bond acceptors (Lipinski definition) is 5. The number of hydrogen-bond donors (Lipinski definition) is 3. The van der Waals surface area contributed by atoms with Crippen molar-refractivity contribution in [2.24, 2.45) is 0 Å². The molecule has 29 heavy (non-hydrogen) atoms. The standard InChI is InChI=1S/C21H31N3O5/c1-28-16-7-5-6-15(12-16)22-21(27)23-18-9-8-17(29-19(18)14-25)13-20(26)24-10-3-2-4-11-24/h5-7,12,17-19,25H,2-4,8-11,13-14H2,1H3,(H2,22,23,27)/t17-,18+,19+/m1/s1. The molecule has 3 rings (SSSR count). The van der Waals surface area contributed by atoms with Crippen LogP contribution in [-0.4, -0.2) is 67.0 Å². The Morgan fingerprint density at radius 2 is 2.03 bits per heavy atom. The van der Waals surface area contributed by atoms with Gasteiger partial charge in [-0.25, -0.2) is 4.79 Å². The number of carbonyl (C=O) groups is 2. The van der Waals surface area contributed by atoms with E-state index in [4.69, 9.17) is 9.47 Å². The molecule has 3 amide bonds. The largest absolute Gasteiger partial charge is 0.497 e. The third-order valence-corrected chi connectivity index (χ3v) is 5.55. The van der Waals surface area contributed by atoms with E-state index in [-0.39, 0.29) is 30.7 Å². The maximum Gasteiger partial charge on any atom is 0.319 e. The molecule has 1 aromatic carbocycles. The van der Waals surface area contributed by atoms with Crippen LogP contribution in [0.1, 0.15) is 38.5 Å². The number of piperidine rings is 1. The number of amides is 3. The number of rotatable bonds is 6. The van der Waals surface area contributed by atoms with Crippen LogP contribution in [0.2, 0.25) is 0 Å². The van der Waals surface area contributed by atoms with E-state index in [0.29, 0.717) is 30.7 Å². The molecule has 0 radical (unpaired) electrons. The maximum absolute atomic E-state index is 12.5. The lowest BCUT2D eigenvalue weighted by atomic mass is 9.96. The van der Waals surface area contributed by atoms with Crippen molar-refractivity contribution >= 4 is 17.6 Å². The number of methoxy groups -OCH3 is 1. The molecule has 0 unspecified atom stereocenters. The van der Waals surface area contributed by atoms with Crippen molar-refractivity contribution in [3.8, 4) is 5.75 Å². The highest BCUT2D eigenvalue weighted by molar-refractivity contribution is 5.89. The number of benzene rings is 1. The average molecular weight is 405 g/mol. The van der Waals surface area contributed by atoms with Crippen LogP contribution < -0.4 is 15.4 Å². The Kier molecular flexibility index (Phi) is 7.71. The number of anilines is 1. The summed E-state index contributed by atoms with van der Waals surface area (Å²) < 4.78 is 11.1. The Balaban J connectivity index is 1.48. The Bertz CT molecular complexity index is 693. The molecule has 8 nitrogen and oxygen atoms in total. The molecule has 2 aliphatic rings. The van der Waals surface area contributed by atoms with Crippen molar-refractivity contribution in [1.82, 2.24) is 10.2 Å². The predicted molar refractivity (Wildman–Crippen MR) is 109 cm³/mol. The summed E-state index contributed by atoms with van der Waals surface area (Å²) in [5.41, 5.74) is 0.615. The Morgan fingerprint density at radius 3 is 2.76 bits per heavy atom. The van der Waals surface area contributed by atoms with Crippen LogP contribution in [0.4, 0.5) is 10.5 Å². The molecular formula is C21H31N3O5. The number of carbonyl (C=O) groups excluding carboxylic acids is 2. The van der Waals surface area contributed by atoms with Gasteiger partial charge in [0.2, 0.25) is 5.91 Å². The lowest BCUT2D eigenvalue weighted by Gasteiger charge is -2.37. The van der Waals surface area contributed by atoms with Gasteiger partial charge in [0.15, 0.2) is 0 Å². The highest BCUT2D eigenvalue weighted by atomic mass is 16.5. The van der Waals surface area contributed by atoms with E-state index in [0.717, 1.165) is 25.9 Å². The minimum atomic E-state index is -0.529. The summed E-state index contributed by atoms with van der Waals surface area (Å²) in [6.07, 6.45) is 4.20. The van der Waals surface area contributed by atoms with Crippen LogP contribution in [-0.2, 0) is 9.53 Å². The number of ether oxygens (including phenoxy) is 2. The molecule has 8 heteroatoms. The van der Waals surface area contributed by atoms with Crippen molar-refractivity contribution in [3.63, 3.8) is 0 Å². The molecule has 160 valence electrons. The summed E-state index contributed by atoms with van der Waals surface area (Å²) >= 11 is 0. The molecule has 3 N–H and O–H groups in total. The lowest BCUT2D eigenvalue weighted by molar-refractivity contribution is -0.141. The van der Waals surface area contributed by atoms with Crippen molar-refractivity contribution in [3.05, 3.63) is 24.3 Å². The topological polar surface area (TPSA) is 100 Å². The first-order chi connectivity index (χ1) is 14.1. The van der Waals surface area contributed by atoms with E-state index >= 15 is 0 Å². The fourth-order valence-electron chi connectivity index (χ4n) is 3.95. The van der Waals surface area contributed by atoms with Crippen molar-refractivity contribution < 1.29 is 24.2 Å². The van der Waals surface area contributed by atoms with Crippen LogP contribution in [0.5, 0.6) is 5.75 Å². The van der Waals surface area contributed by atoms with Gasteiger partial charge < -0.3 is 30.1 Å². The molecular weight excluding hydrogens is 374 g/mol. The number of likely N-dealkylation sites (tertiary alicyclic amines) is 1. The van der Waals surface area contributed by atoms with Gasteiger partial charge in [0.05, 0.1) is 32.3 Å². The first-order valence-corrected chi connectivity index (χ1v) is 10.3. The quantitative estimate of drug-likeness (QED) is 0.673. The van der Waals surface area contributed by atoms with Gasteiger partial charge in [-0.15, -0.1) is 0 Å². The van der Waals surface area contributed by atoms with E-state index in [9.17, 15) is 14.7 Å². The molecule has 2 saturated heterocycles. The Labute approximate surface area is 171 Å². The zero-order valence-electron chi connectivity index (χ0n) is 16.9. The van der Waals surface area contributed by atoms with E-state index in [2.05, 4.69) is 10.6 Å². The van der Waals surface area contributed by atoms with Gasteiger partial charge in [-0.05, 0) is 44.2 Å². The second-order valence-corrected chi connectivity index (χ2v) is 7.64. The van der Waals surface area contributed by atoms with Crippen molar-refractivity contribution in [1.29, 1.82) is 0 Å². The summed E-state index contributed by atoms with van der Waals surface area (Å²) in [6.45, 7) is 1.44. The van der Waals surface area contributed by atoms with Crippen molar-refractivity contribution in [2.75, 3.05) is 32.1 Å². The van der Waals surface area contributed by atoms with E-state index in [1.165, 1.54) is 6.42 Å². The van der Waals surface area contributed by atoms with Crippen LogP contribution >= 0.6 is 0 Å². The average Bonchev–Trinajstić information content (AvgIpc) is 2.75. The number of aliphatic hydroxyl groups is 1. The predicted octanol–water partition coefficient (Wildman–Crippen LogP) is 2.13. The second kappa shape index (κ2) is 10.5. The van der Waals surface area contributed by atoms with E-state index in [1.54, 1.807) is 31.4 Å². The number of aliphatic hydroxyl groups excluding tert-OH is 1. The van der Waals surface area contributed by atoms with Crippen LogP contribution in [0, 0.1) is 0 Å². The third kappa shape index (κ3) is 6.08. The van der Waals surface area contributed by atoms with E-state index in [1.807, 2.05) is 4.90 Å². The Hall–Kier alpha value is -2.32. The summed E-state index contributed by atoms with van der Waals surface area (Å²) in [5, 5.41) is 15.4. The third-order valence-electron chi connectivity index (χ3n) is 5.55. The van der Waals surface area contributed by atoms with Gasteiger partial charge in [0, 0.05) is 24.8 Å². The van der Waals surface area contributed by atoms with Crippen LogP contribution in [0.3, 0.4) is 0 Å². The van der Waals surface area contributed by atoms with Gasteiger partial charge in [0.25, 0.3) is 0 Å². The molecule has 1 aromatic rings. The summed E-state index contributed by atoms with van der Waals surface area (Å²) in [7, 11) is 1.57. The van der Waals surface area contributed by atoms with Crippen molar-refractivity contribution in [2.45, 2.75) is 56.8 Å². The minimum absolute atomic E-state index is 0.119. The number of urea groups is 1. The molecule has 2 aliphatic heterocycles.